The molecule has 0 atom stereocenters. The van der Waals surface area contributed by atoms with E-state index < -0.39 is 0 Å². The van der Waals surface area contributed by atoms with E-state index in [1.54, 1.807) is 12.4 Å². The Kier molecular flexibility index (Phi) is 5.44. The zero-order valence-corrected chi connectivity index (χ0v) is 9.08. The zero-order valence-electron chi connectivity index (χ0n) is 9.08. The van der Waals surface area contributed by atoms with Gasteiger partial charge < -0.3 is 4.74 Å². The lowest BCUT2D eigenvalue weighted by Crippen LogP contribution is -1.96. The minimum atomic E-state index is 0.383. The monoisotopic (exact) mass is 219 g/mol. The van der Waals surface area contributed by atoms with Crippen LogP contribution in [0, 0.1) is 0 Å². The predicted molar refractivity (Wildman–Crippen MR) is 60.9 cm³/mol. The van der Waals surface area contributed by atoms with Gasteiger partial charge in [-0.1, -0.05) is 17.3 Å². The molecule has 0 amide bonds. The Morgan fingerprint density at radius 1 is 1.50 bits per heavy atom. The van der Waals surface area contributed by atoms with Crippen LogP contribution in [-0.4, -0.2) is 23.1 Å². The molecule has 16 heavy (non-hydrogen) atoms. The van der Waals surface area contributed by atoms with Crippen molar-refractivity contribution in [2.45, 2.75) is 13.3 Å². The molecule has 84 valence electrons. The first kappa shape index (κ1) is 12.0. The molecule has 0 saturated carbocycles. The summed E-state index contributed by atoms with van der Waals surface area (Å²) >= 11 is 0. The fourth-order valence-electron chi connectivity index (χ4n) is 1.01. The van der Waals surface area contributed by atoms with Crippen molar-refractivity contribution in [3.63, 3.8) is 0 Å². The lowest BCUT2D eigenvalue weighted by atomic mass is 10.3. The van der Waals surface area contributed by atoms with Crippen LogP contribution in [0.2, 0.25) is 0 Å². The highest BCUT2D eigenvalue weighted by Gasteiger charge is 1.93. The van der Waals surface area contributed by atoms with E-state index in [1.807, 2.05) is 19.1 Å². The number of hydrogen-bond donors (Lipinski definition) is 0. The number of ether oxygens (including phenoxy) is 1. The number of azide groups is 1. The van der Waals surface area contributed by atoms with E-state index >= 15 is 0 Å². The summed E-state index contributed by atoms with van der Waals surface area (Å²) in [7, 11) is 0. The highest BCUT2D eigenvalue weighted by Crippen LogP contribution is 2.04. The minimum absolute atomic E-state index is 0.383. The van der Waals surface area contributed by atoms with Gasteiger partial charge in [-0.05, 0) is 18.9 Å². The van der Waals surface area contributed by atoms with E-state index in [2.05, 4.69) is 20.0 Å². The van der Waals surface area contributed by atoms with Crippen LogP contribution in [-0.2, 0) is 0 Å². The van der Waals surface area contributed by atoms with E-state index in [1.165, 1.54) is 0 Å². The first-order valence-corrected chi connectivity index (χ1v) is 4.99. The second-order valence-corrected chi connectivity index (χ2v) is 2.88. The summed E-state index contributed by atoms with van der Waals surface area (Å²) in [6, 6.07) is 0.383. The zero-order chi connectivity index (χ0) is 11.6. The van der Waals surface area contributed by atoms with Crippen molar-refractivity contribution >= 4 is 6.08 Å². The van der Waals surface area contributed by atoms with Crippen molar-refractivity contribution in [3.05, 3.63) is 34.5 Å². The van der Waals surface area contributed by atoms with Crippen molar-refractivity contribution in [1.29, 1.82) is 0 Å². The Bertz CT molecular complexity index is 381. The molecule has 0 aliphatic rings. The molecule has 0 radical (unpaired) electrons. The summed E-state index contributed by atoms with van der Waals surface area (Å²) in [4.78, 5) is 10.7. The topological polar surface area (TPSA) is 83.8 Å². The molecule has 6 nitrogen and oxygen atoms in total. The van der Waals surface area contributed by atoms with Gasteiger partial charge in [-0.3, -0.25) is 0 Å². The normalized spacial score (nSPS) is 10.1. The van der Waals surface area contributed by atoms with Gasteiger partial charge in [0, 0.05) is 29.4 Å². The average molecular weight is 219 g/mol. The van der Waals surface area contributed by atoms with Crippen molar-refractivity contribution in [1.82, 2.24) is 9.97 Å². The number of aromatic nitrogens is 2. The van der Waals surface area contributed by atoms with Crippen LogP contribution in [0.4, 0.5) is 0 Å². The van der Waals surface area contributed by atoms with E-state index in [0.717, 1.165) is 5.56 Å². The lowest BCUT2D eigenvalue weighted by Gasteiger charge is -1.99. The Hall–Kier alpha value is -2.07. The van der Waals surface area contributed by atoms with Gasteiger partial charge in [-0.15, -0.1) is 0 Å². The number of hydrogen-bond acceptors (Lipinski definition) is 4. The molecule has 1 rings (SSSR count). The summed E-state index contributed by atoms with van der Waals surface area (Å²) in [5.74, 6) is 0. The van der Waals surface area contributed by atoms with E-state index in [4.69, 9.17) is 10.3 Å². The smallest absolute Gasteiger partial charge is 0.316 e. The van der Waals surface area contributed by atoms with Gasteiger partial charge in [0.2, 0.25) is 0 Å². The third-order valence-electron chi connectivity index (χ3n) is 1.69. The summed E-state index contributed by atoms with van der Waals surface area (Å²) in [6.45, 7) is 2.90. The summed E-state index contributed by atoms with van der Waals surface area (Å²) in [5, 5.41) is 3.42. The molecule has 0 aromatic carbocycles. The summed E-state index contributed by atoms with van der Waals surface area (Å²) in [5.41, 5.74) is 8.96. The van der Waals surface area contributed by atoms with Crippen molar-refractivity contribution in [3.8, 4) is 6.01 Å². The van der Waals surface area contributed by atoms with Crippen LogP contribution in [0.1, 0.15) is 18.9 Å². The molecule has 1 heterocycles. The lowest BCUT2D eigenvalue weighted by molar-refractivity contribution is 0.312. The molecule has 0 aliphatic carbocycles. The molecule has 0 spiro atoms. The van der Waals surface area contributed by atoms with Gasteiger partial charge in [0.15, 0.2) is 0 Å². The Morgan fingerprint density at radius 2 is 2.25 bits per heavy atom. The second kappa shape index (κ2) is 7.25. The molecule has 1 aromatic heterocycles. The fourth-order valence-corrected chi connectivity index (χ4v) is 1.01. The van der Waals surface area contributed by atoms with E-state index in [-0.39, 0.29) is 0 Å². The maximum absolute atomic E-state index is 8.06. The first-order valence-electron chi connectivity index (χ1n) is 4.99. The quantitative estimate of drug-likeness (QED) is 0.319. The van der Waals surface area contributed by atoms with Crippen LogP contribution in [0.5, 0.6) is 6.01 Å². The second-order valence-electron chi connectivity index (χ2n) is 2.88. The average Bonchev–Trinajstić information content (AvgIpc) is 2.31. The number of nitrogens with zero attached hydrogens (tertiary/aromatic N) is 5. The molecule has 0 saturated heterocycles. The highest BCUT2D eigenvalue weighted by molar-refractivity contribution is 5.46. The SMILES string of the molecule is CCOc1ncc(C=CCCN=[N+]=[N-])cn1. The molecular weight excluding hydrogens is 206 g/mol. The maximum Gasteiger partial charge on any atom is 0.316 e. The Balaban J connectivity index is 2.44. The predicted octanol–water partition coefficient (Wildman–Crippen LogP) is 2.59. The molecule has 1 aromatic rings. The van der Waals surface area contributed by atoms with Gasteiger partial charge in [0.1, 0.15) is 0 Å². The molecule has 6 heteroatoms. The molecule has 0 N–H and O–H groups in total. The van der Waals surface area contributed by atoms with E-state index in [9.17, 15) is 0 Å². The molecule has 0 bridgehead atoms. The summed E-state index contributed by atoms with van der Waals surface area (Å²) in [6.07, 6.45) is 7.86. The van der Waals surface area contributed by atoms with Crippen LogP contribution in [0.15, 0.2) is 23.6 Å². The van der Waals surface area contributed by atoms with E-state index in [0.29, 0.717) is 25.6 Å². The highest BCUT2D eigenvalue weighted by atomic mass is 16.5. The largest absolute Gasteiger partial charge is 0.464 e. The van der Waals surface area contributed by atoms with Crippen LogP contribution in [0.25, 0.3) is 16.5 Å². The van der Waals surface area contributed by atoms with Gasteiger partial charge >= 0.3 is 6.01 Å². The third-order valence-corrected chi connectivity index (χ3v) is 1.69. The van der Waals surface area contributed by atoms with Crippen molar-refractivity contribution in [2.75, 3.05) is 13.2 Å². The van der Waals surface area contributed by atoms with Crippen LogP contribution in [0.3, 0.4) is 0 Å². The van der Waals surface area contributed by atoms with Crippen molar-refractivity contribution in [2.24, 2.45) is 5.11 Å². The van der Waals surface area contributed by atoms with Gasteiger partial charge in [-0.2, -0.15) is 0 Å². The molecule has 0 fully saturated rings. The van der Waals surface area contributed by atoms with Crippen molar-refractivity contribution < 1.29 is 4.74 Å². The molecular formula is C10H13N5O. The van der Waals surface area contributed by atoms with Gasteiger partial charge in [0.05, 0.1) is 6.61 Å². The first-order chi connectivity index (χ1) is 7.86. The number of rotatable bonds is 6. The van der Waals surface area contributed by atoms with Crippen LogP contribution < -0.4 is 4.74 Å². The van der Waals surface area contributed by atoms with Crippen LogP contribution >= 0.6 is 0 Å². The fraction of sp³-hybridized carbons (Fsp3) is 0.400. The molecule has 0 unspecified atom stereocenters. The van der Waals surface area contributed by atoms with Gasteiger partial charge in [0.25, 0.3) is 0 Å². The van der Waals surface area contributed by atoms with Gasteiger partial charge in [-0.25, -0.2) is 9.97 Å². The molecule has 0 aliphatic heterocycles. The third kappa shape index (κ3) is 4.43. The standard InChI is InChI=1S/C10H13N5O/c1-2-16-10-12-7-9(8-13-10)5-3-4-6-14-15-11/h3,5,7-8H,2,4,6H2,1H3. The Morgan fingerprint density at radius 3 is 2.88 bits per heavy atom. The Labute approximate surface area is 93.6 Å². The summed E-state index contributed by atoms with van der Waals surface area (Å²) < 4.78 is 5.12. The minimum Gasteiger partial charge on any atom is -0.464 e. The maximum atomic E-state index is 8.06.